The summed E-state index contributed by atoms with van der Waals surface area (Å²) in [6.45, 7) is 0.583. The van der Waals surface area contributed by atoms with Crippen LogP contribution in [0.25, 0.3) is 0 Å². The molecule has 0 aliphatic heterocycles. The Morgan fingerprint density at radius 1 is 1.35 bits per heavy atom. The van der Waals surface area contributed by atoms with Gasteiger partial charge in [0.05, 0.1) is 19.3 Å². The normalized spacial score (nSPS) is 10.2. The van der Waals surface area contributed by atoms with Crippen LogP contribution in [-0.4, -0.2) is 36.2 Å². The maximum absolute atomic E-state index is 6.05. The summed E-state index contributed by atoms with van der Waals surface area (Å²) in [4.78, 5) is 14.5. The third kappa shape index (κ3) is 3.08. The molecule has 0 fully saturated rings. The van der Waals surface area contributed by atoms with Crippen molar-refractivity contribution >= 4 is 23.1 Å². The summed E-state index contributed by atoms with van der Waals surface area (Å²) in [5, 5.41) is 3.40. The van der Waals surface area contributed by atoms with E-state index in [1.165, 1.54) is 6.33 Å². The average molecular weight is 294 g/mol. The number of rotatable bonds is 5. The average Bonchev–Trinajstić information content (AvgIpc) is 2.47. The lowest BCUT2D eigenvalue weighted by molar-refractivity contribution is 0.396. The highest BCUT2D eigenvalue weighted by molar-refractivity contribution is 6.32. The van der Waals surface area contributed by atoms with E-state index < -0.39 is 0 Å². The highest BCUT2D eigenvalue weighted by Crippen LogP contribution is 2.28. The van der Waals surface area contributed by atoms with Crippen LogP contribution in [0.15, 0.2) is 24.5 Å². The molecule has 6 nitrogen and oxygen atoms in total. The highest BCUT2D eigenvalue weighted by atomic mass is 35.5. The van der Waals surface area contributed by atoms with Crippen molar-refractivity contribution in [1.82, 2.24) is 15.0 Å². The van der Waals surface area contributed by atoms with Gasteiger partial charge in [0.1, 0.15) is 12.0 Å². The second-order valence-electron chi connectivity index (χ2n) is 4.14. The van der Waals surface area contributed by atoms with E-state index in [0.29, 0.717) is 23.3 Å². The maximum atomic E-state index is 6.05. The first-order chi connectivity index (χ1) is 9.65. The molecule has 2 heterocycles. The number of nitrogens with one attached hydrogen (secondary N) is 1. The monoisotopic (exact) mass is 293 g/mol. The van der Waals surface area contributed by atoms with Crippen molar-refractivity contribution in [2.75, 3.05) is 31.4 Å². The first kappa shape index (κ1) is 14.3. The van der Waals surface area contributed by atoms with E-state index in [1.807, 2.05) is 30.1 Å². The molecule has 0 saturated carbocycles. The largest absolute Gasteiger partial charge is 0.481 e. The Morgan fingerprint density at radius 3 is 2.85 bits per heavy atom. The van der Waals surface area contributed by atoms with Gasteiger partial charge in [-0.15, -0.1) is 0 Å². The molecule has 0 spiro atoms. The molecule has 0 unspecified atom stereocenters. The number of ether oxygens (including phenoxy) is 1. The van der Waals surface area contributed by atoms with Gasteiger partial charge in [0.15, 0.2) is 11.0 Å². The number of aromatic nitrogens is 3. The number of hydrogen-bond donors (Lipinski definition) is 1. The van der Waals surface area contributed by atoms with Gasteiger partial charge in [0, 0.05) is 20.2 Å². The molecule has 2 rings (SSSR count). The van der Waals surface area contributed by atoms with Crippen LogP contribution in [-0.2, 0) is 6.54 Å². The summed E-state index contributed by atoms with van der Waals surface area (Å²) in [5.74, 6) is 1.31. The van der Waals surface area contributed by atoms with E-state index in [9.17, 15) is 0 Å². The molecule has 0 bridgehead atoms. The lowest BCUT2D eigenvalue weighted by Crippen LogP contribution is -2.20. The van der Waals surface area contributed by atoms with Crippen LogP contribution in [0.3, 0.4) is 0 Å². The van der Waals surface area contributed by atoms with Gasteiger partial charge in [0.2, 0.25) is 5.88 Å². The SMILES string of the molecule is CNc1c(Cl)ncnc1N(C)Cc1cccc(OC)n1. The Bertz CT molecular complexity index is 593. The third-order valence-electron chi connectivity index (χ3n) is 2.78. The molecule has 0 aliphatic carbocycles. The zero-order valence-electron chi connectivity index (χ0n) is 11.6. The molecule has 0 atom stereocenters. The number of pyridine rings is 1. The van der Waals surface area contributed by atoms with Crippen LogP contribution in [0.4, 0.5) is 11.5 Å². The van der Waals surface area contributed by atoms with Crippen molar-refractivity contribution in [2.24, 2.45) is 0 Å². The molecule has 2 aromatic heterocycles. The van der Waals surface area contributed by atoms with Gasteiger partial charge < -0.3 is 15.0 Å². The van der Waals surface area contributed by atoms with Gasteiger partial charge in [-0.2, -0.15) is 0 Å². The number of nitrogens with zero attached hydrogens (tertiary/aromatic N) is 4. The summed E-state index contributed by atoms with van der Waals surface area (Å²) >= 11 is 6.05. The minimum atomic E-state index is 0.392. The number of halogens is 1. The smallest absolute Gasteiger partial charge is 0.213 e. The van der Waals surface area contributed by atoms with Crippen molar-refractivity contribution in [3.63, 3.8) is 0 Å². The van der Waals surface area contributed by atoms with Crippen LogP contribution in [0.1, 0.15) is 5.69 Å². The highest BCUT2D eigenvalue weighted by Gasteiger charge is 2.13. The fraction of sp³-hybridized carbons (Fsp3) is 0.308. The molecule has 0 amide bonds. The van der Waals surface area contributed by atoms with Crippen molar-refractivity contribution in [1.29, 1.82) is 0 Å². The topological polar surface area (TPSA) is 63.2 Å². The fourth-order valence-corrected chi connectivity index (χ4v) is 2.06. The molecular weight excluding hydrogens is 278 g/mol. The van der Waals surface area contributed by atoms with Crippen LogP contribution in [0, 0.1) is 0 Å². The summed E-state index contributed by atoms with van der Waals surface area (Å²) < 4.78 is 5.12. The predicted molar refractivity (Wildman–Crippen MR) is 79.5 cm³/mol. The minimum absolute atomic E-state index is 0.392. The summed E-state index contributed by atoms with van der Waals surface area (Å²) in [5.41, 5.74) is 1.57. The lowest BCUT2D eigenvalue weighted by Gasteiger charge is -2.20. The van der Waals surface area contributed by atoms with E-state index >= 15 is 0 Å². The molecule has 0 saturated heterocycles. The van der Waals surface area contributed by atoms with E-state index in [4.69, 9.17) is 16.3 Å². The molecule has 2 aromatic rings. The first-order valence-electron chi connectivity index (χ1n) is 6.05. The Labute approximate surface area is 122 Å². The van der Waals surface area contributed by atoms with Crippen LogP contribution in [0.5, 0.6) is 5.88 Å². The fourth-order valence-electron chi connectivity index (χ4n) is 1.84. The molecule has 0 aromatic carbocycles. The number of anilines is 2. The maximum Gasteiger partial charge on any atom is 0.213 e. The quantitative estimate of drug-likeness (QED) is 0.853. The number of hydrogen-bond acceptors (Lipinski definition) is 6. The van der Waals surface area contributed by atoms with E-state index in [-0.39, 0.29) is 0 Å². The van der Waals surface area contributed by atoms with E-state index in [0.717, 1.165) is 11.5 Å². The zero-order valence-corrected chi connectivity index (χ0v) is 12.3. The predicted octanol–water partition coefficient (Wildman–Crippen LogP) is 2.21. The molecule has 7 heteroatoms. The molecule has 20 heavy (non-hydrogen) atoms. The Hall–Kier alpha value is -2.08. The van der Waals surface area contributed by atoms with Gasteiger partial charge in [-0.3, -0.25) is 0 Å². The van der Waals surface area contributed by atoms with Crippen LogP contribution < -0.4 is 15.0 Å². The second kappa shape index (κ2) is 6.38. The Balaban J connectivity index is 2.23. The second-order valence-corrected chi connectivity index (χ2v) is 4.50. The first-order valence-corrected chi connectivity index (χ1v) is 6.42. The standard InChI is InChI=1S/C13H16ClN5O/c1-15-11-12(14)16-8-17-13(11)19(2)7-9-5-4-6-10(18-9)20-3/h4-6,8,15H,7H2,1-3H3. The Morgan fingerprint density at radius 2 is 2.15 bits per heavy atom. The summed E-state index contributed by atoms with van der Waals surface area (Å²) in [6.07, 6.45) is 1.44. The van der Waals surface area contributed by atoms with Crippen molar-refractivity contribution in [2.45, 2.75) is 6.54 Å². The van der Waals surface area contributed by atoms with Crippen LogP contribution >= 0.6 is 11.6 Å². The van der Waals surface area contributed by atoms with Gasteiger partial charge in [0.25, 0.3) is 0 Å². The molecule has 106 valence electrons. The molecule has 0 radical (unpaired) electrons. The van der Waals surface area contributed by atoms with Crippen LogP contribution in [0.2, 0.25) is 5.15 Å². The van der Waals surface area contributed by atoms with Gasteiger partial charge in [-0.1, -0.05) is 17.7 Å². The molecular formula is C13H16ClN5O. The van der Waals surface area contributed by atoms with Crippen molar-refractivity contribution in [3.8, 4) is 5.88 Å². The van der Waals surface area contributed by atoms with E-state index in [1.54, 1.807) is 14.2 Å². The molecule has 1 N–H and O–H groups in total. The van der Waals surface area contributed by atoms with Gasteiger partial charge in [-0.25, -0.2) is 15.0 Å². The van der Waals surface area contributed by atoms with Crippen molar-refractivity contribution < 1.29 is 4.74 Å². The minimum Gasteiger partial charge on any atom is -0.481 e. The summed E-state index contributed by atoms with van der Waals surface area (Å²) in [7, 11) is 5.30. The third-order valence-corrected chi connectivity index (χ3v) is 3.07. The Kier molecular flexibility index (Phi) is 4.57. The van der Waals surface area contributed by atoms with Crippen molar-refractivity contribution in [3.05, 3.63) is 35.4 Å². The van der Waals surface area contributed by atoms with Gasteiger partial charge in [-0.05, 0) is 6.07 Å². The number of methoxy groups -OCH3 is 1. The summed E-state index contributed by atoms with van der Waals surface area (Å²) in [6, 6.07) is 5.64. The molecule has 0 aliphatic rings. The zero-order chi connectivity index (χ0) is 14.5. The van der Waals surface area contributed by atoms with Gasteiger partial charge >= 0.3 is 0 Å². The van der Waals surface area contributed by atoms with E-state index in [2.05, 4.69) is 20.3 Å². The lowest BCUT2D eigenvalue weighted by atomic mass is 10.3.